The van der Waals surface area contributed by atoms with Gasteiger partial charge in [-0.3, -0.25) is 9.97 Å². The highest BCUT2D eigenvalue weighted by atomic mass is 16.5. The van der Waals surface area contributed by atoms with Gasteiger partial charge in [-0.1, -0.05) is 6.07 Å². The van der Waals surface area contributed by atoms with Crippen LogP contribution in [0.1, 0.15) is 10.5 Å². The average molecular weight is 239 g/mol. The van der Waals surface area contributed by atoms with Crippen LogP contribution in [0.5, 0.6) is 0 Å². The molecule has 0 spiro atoms. The maximum atomic E-state index is 11.7. The molecule has 3 rings (SSSR count). The van der Waals surface area contributed by atoms with Crippen LogP contribution in [0.4, 0.5) is 0 Å². The van der Waals surface area contributed by atoms with Crippen LogP contribution in [0.25, 0.3) is 21.8 Å². The number of nitrogens with zero attached hydrogens (tertiary/aromatic N) is 3. The van der Waals surface area contributed by atoms with Gasteiger partial charge in [-0.2, -0.15) is 0 Å². The molecular weight excluding hydrogens is 230 g/mol. The van der Waals surface area contributed by atoms with E-state index in [2.05, 4.69) is 15.0 Å². The van der Waals surface area contributed by atoms with E-state index in [0.717, 1.165) is 5.39 Å². The lowest BCUT2D eigenvalue weighted by atomic mass is 10.2. The molecule has 5 heteroatoms. The fourth-order valence-electron chi connectivity index (χ4n) is 1.89. The molecule has 0 N–H and O–H groups in total. The topological polar surface area (TPSA) is 65.0 Å². The summed E-state index contributed by atoms with van der Waals surface area (Å²) in [5.74, 6) is -0.467. The quantitative estimate of drug-likeness (QED) is 0.607. The van der Waals surface area contributed by atoms with Crippen LogP contribution in [-0.4, -0.2) is 28.0 Å². The van der Waals surface area contributed by atoms with Crippen LogP contribution in [0.15, 0.2) is 36.8 Å². The van der Waals surface area contributed by atoms with E-state index >= 15 is 0 Å². The van der Waals surface area contributed by atoms with Crippen molar-refractivity contribution in [2.45, 2.75) is 0 Å². The van der Waals surface area contributed by atoms with Gasteiger partial charge in [0.05, 0.1) is 18.1 Å². The summed E-state index contributed by atoms with van der Waals surface area (Å²) >= 11 is 0. The van der Waals surface area contributed by atoms with E-state index in [4.69, 9.17) is 4.74 Å². The van der Waals surface area contributed by atoms with Gasteiger partial charge in [0.25, 0.3) is 0 Å². The zero-order valence-electron chi connectivity index (χ0n) is 9.62. The standard InChI is InChI=1S/C13H9N3O2/c1-18-13(17)12-10-8(7-16-12)6-15-9-4-2-3-5-14-11(9)10/h2-7H,1H3. The Bertz CT molecular complexity index is 755. The van der Waals surface area contributed by atoms with E-state index in [9.17, 15) is 4.79 Å². The number of aromatic nitrogens is 3. The Hall–Kier alpha value is -2.56. The summed E-state index contributed by atoms with van der Waals surface area (Å²) in [6, 6.07) is 5.50. The van der Waals surface area contributed by atoms with Gasteiger partial charge in [-0.25, -0.2) is 9.78 Å². The first kappa shape index (κ1) is 10.6. The summed E-state index contributed by atoms with van der Waals surface area (Å²) in [5.41, 5.74) is 1.64. The average Bonchev–Trinajstić information content (AvgIpc) is 2.68. The summed E-state index contributed by atoms with van der Waals surface area (Å²) in [6.07, 6.45) is 4.94. The summed E-state index contributed by atoms with van der Waals surface area (Å²) in [4.78, 5) is 24.4. The number of hydrogen-bond acceptors (Lipinski definition) is 5. The zero-order valence-corrected chi connectivity index (χ0v) is 9.62. The van der Waals surface area contributed by atoms with Crippen molar-refractivity contribution >= 4 is 27.8 Å². The molecule has 0 amide bonds. The number of carbonyl (C=O) groups excluding carboxylic acids is 1. The lowest BCUT2D eigenvalue weighted by molar-refractivity contribution is 0.0597. The molecule has 3 aromatic rings. The van der Waals surface area contributed by atoms with E-state index in [1.54, 1.807) is 18.6 Å². The Morgan fingerprint density at radius 3 is 2.83 bits per heavy atom. The Morgan fingerprint density at radius 2 is 2.00 bits per heavy atom. The monoisotopic (exact) mass is 239 g/mol. The second-order valence-corrected chi connectivity index (χ2v) is 3.75. The van der Waals surface area contributed by atoms with E-state index in [1.807, 2.05) is 18.2 Å². The minimum absolute atomic E-state index is 0.276. The van der Waals surface area contributed by atoms with Gasteiger partial charge >= 0.3 is 5.97 Å². The van der Waals surface area contributed by atoms with Crippen LogP contribution in [0.2, 0.25) is 0 Å². The van der Waals surface area contributed by atoms with Gasteiger partial charge in [0.15, 0.2) is 5.69 Å². The minimum Gasteiger partial charge on any atom is -0.464 e. The first-order chi connectivity index (χ1) is 8.81. The van der Waals surface area contributed by atoms with Crippen molar-refractivity contribution < 1.29 is 9.53 Å². The highest BCUT2D eigenvalue weighted by molar-refractivity contribution is 6.13. The lowest BCUT2D eigenvalue weighted by Crippen LogP contribution is -2.02. The molecule has 0 saturated carbocycles. The Morgan fingerprint density at radius 1 is 1.17 bits per heavy atom. The molecule has 3 heterocycles. The first-order valence-electron chi connectivity index (χ1n) is 5.38. The molecule has 0 saturated heterocycles. The summed E-state index contributed by atoms with van der Waals surface area (Å²) in [6.45, 7) is 0. The molecular formula is C13H9N3O2. The van der Waals surface area contributed by atoms with Gasteiger partial charge in [0.1, 0.15) is 0 Å². The van der Waals surface area contributed by atoms with Gasteiger partial charge < -0.3 is 4.74 Å². The van der Waals surface area contributed by atoms with Crippen molar-refractivity contribution in [1.29, 1.82) is 0 Å². The van der Waals surface area contributed by atoms with Gasteiger partial charge in [-0.15, -0.1) is 0 Å². The Kier molecular flexibility index (Phi) is 2.37. The third-order valence-electron chi connectivity index (χ3n) is 2.71. The molecule has 0 aliphatic carbocycles. The number of methoxy groups -OCH3 is 1. The molecule has 0 fully saturated rings. The largest absolute Gasteiger partial charge is 0.464 e. The smallest absolute Gasteiger partial charge is 0.357 e. The predicted molar refractivity (Wildman–Crippen MR) is 66.2 cm³/mol. The highest BCUT2D eigenvalue weighted by Gasteiger charge is 2.16. The van der Waals surface area contributed by atoms with E-state index in [0.29, 0.717) is 16.4 Å². The number of fused-ring (bicyclic) bond motifs is 3. The molecule has 5 nitrogen and oxygen atoms in total. The Labute approximate surface area is 102 Å². The second-order valence-electron chi connectivity index (χ2n) is 3.75. The molecule has 18 heavy (non-hydrogen) atoms. The number of carbonyl (C=O) groups is 1. The molecule has 0 aromatic carbocycles. The molecule has 0 radical (unpaired) electrons. The lowest BCUT2D eigenvalue weighted by Gasteiger charge is -1.98. The molecule has 0 bridgehead atoms. The minimum atomic E-state index is -0.467. The van der Waals surface area contributed by atoms with Gasteiger partial charge in [0, 0.05) is 29.4 Å². The van der Waals surface area contributed by atoms with Crippen molar-refractivity contribution in [3.05, 3.63) is 42.5 Å². The van der Waals surface area contributed by atoms with Crippen LogP contribution in [0, 0.1) is 0 Å². The zero-order chi connectivity index (χ0) is 12.5. The van der Waals surface area contributed by atoms with Crippen LogP contribution >= 0.6 is 0 Å². The molecule has 0 aliphatic heterocycles. The molecule has 0 aliphatic rings. The molecule has 0 atom stereocenters. The van der Waals surface area contributed by atoms with Crippen molar-refractivity contribution in [3.63, 3.8) is 0 Å². The third-order valence-corrected chi connectivity index (χ3v) is 2.71. The number of esters is 1. The van der Waals surface area contributed by atoms with E-state index < -0.39 is 5.97 Å². The third kappa shape index (κ3) is 1.48. The van der Waals surface area contributed by atoms with Crippen LogP contribution < -0.4 is 0 Å². The Balaban J connectivity index is 2.49. The number of rotatable bonds is 1. The molecule has 3 aromatic heterocycles. The summed E-state index contributed by atoms with van der Waals surface area (Å²) < 4.78 is 4.73. The van der Waals surface area contributed by atoms with Crippen molar-refractivity contribution in [3.8, 4) is 0 Å². The maximum Gasteiger partial charge on any atom is 0.357 e. The number of ether oxygens (including phenoxy) is 1. The number of pyridine rings is 1. The normalized spacial score (nSPS) is 10.7. The van der Waals surface area contributed by atoms with Crippen molar-refractivity contribution in [2.24, 2.45) is 0 Å². The van der Waals surface area contributed by atoms with Crippen molar-refractivity contribution in [2.75, 3.05) is 7.11 Å². The summed E-state index contributed by atoms with van der Waals surface area (Å²) in [5, 5.41) is 1.46. The van der Waals surface area contributed by atoms with E-state index in [-0.39, 0.29) is 5.69 Å². The molecule has 0 unspecified atom stereocenters. The fourth-order valence-corrected chi connectivity index (χ4v) is 1.89. The first-order valence-corrected chi connectivity index (χ1v) is 5.38. The summed E-state index contributed by atoms with van der Waals surface area (Å²) in [7, 11) is 1.33. The van der Waals surface area contributed by atoms with E-state index in [1.165, 1.54) is 7.11 Å². The van der Waals surface area contributed by atoms with Crippen LogP contribution in [-0.2, 0) is 4.74 Å². The maximum absolute atomic E-state index is 11.7. The number of hydrogen-bond donors (Lipinski definition) is 0. The van der Waals surface area contributed by atoms with Gasteiger partial charge in [0.2, 0.25) is 0 Å². The highest BCUT2D eigenvalue weighted by Crippen LogP contribution is 2.24. The van der Waals surface area contributed by atoms with Crippen molar-refractivity contribution in [1.82, 2.24) is 15.0 Å². The second kappa shape index (κ2) is 4.03. The SMILES string of the molecule is COC(=O)c1ncc2cnc3ccccnc3c12. The van der Waals surface area contributed by atoms with Gasteiger partial charge in [-0.05, 0) is 12.1 Å². The molecule has 88 valence electrons. The fraction of sp³-hybridized carbons (Fsp3) is 0.0769. The predicted octanol–water partition coefficient (Wildman–Crippen LogP) is 1.96. The van der Waals surface area contributed by atoms with Crippen LogP contribution in [0.3, 0.4) is 0 Å².